The van der Waals surface area contributed by atoms with Crippen LogP contribution in [-0.4, -0.2) is 28.1 Å². The summed E-state index contributed by atoms with van der Waals surface area (Å²) in [5.74, 6) is 1.22. The number of aliphatic carboxylic acids is 1. The highest BCUT2D eigenvalue weighted by atomic mass is 16.4. The van der Waals surface area contributed by atoms with Crippen LogP contribution in [-0.2, 0) is 9.59 Å². The summed E-state index contributed by atoms with van der Waals surface area (Å²) in [6.45, 7) is 15.4. The number of hydrogen-bond donors (Lipinski definition) is 2. The molecule has 34 heavy (non-hydrogen) atoms. The van der Waals surface area contributed by atoms with E-state index in [2.05, 4.69) is 47.6 Å². The molecule has 2 N–H and O–H groups in total. The summed E-state index contributed by atoms with van der Waals surface area (Å²) >= 11 is 0. The quantitative estimate of drug-likeness (QED) is 0.352. The van der Waals surface area contributed by atoms with Crippen molar-refractivity contribution in [3.63, 3.8) is 0 Å². The van der Waals surface area contributed by atoms with Crippen molar-refractivity contribution in [3.05, 3.63) is 23.3 Å². The van der Waals surface area contributed by atoms with E-state index in [0.29, 0.717) is 41.4 Å². The van der Waals surface area contributed by atoms with Crippen LogP contribution < -0.4 is 0 Å². The van der Waals surface area contributed by atoms with Crippen LogP contribution in [0, 0.1) is 45.3 Å². The van der Waals surface area contributed by atoms with Crippen molar-refractivity contribution in [2.75, 3.05) is 0 Å². The molecule has 0 amide bonds. The van der Waals surface area contributed by atoms with Crippen molar-refractivity contribution in [2.45, 2.75) is 106 Å². The highest BCUT2D eigenvalue weighted by Gasteiger charge is 2.67. The first-order chi connectivity index (χ1) is 15.7. The first-order valence-corrected chi connectivity index (χ1v) is 13.5. The molecule has 3 fully saturated rings. The molecule has 4 aliphatic rings. The second kappa shape index (κ2) is 8.32. The number of carboxylic acids is 1. The van der Waals surface area contributed by atoms with Gasteiger partial charge in [0.25, 0.3) is 0 Å². The standard InChI is InChI=1S/C30H46O4/c1-18(9-8-10-19(2)26(33)34)20-13-16-29(6)21-11-12-23-27(3,4)24(31)14-15-28(23,5)22(21)17-25(32)30(20,29)7/h10,17-18,20-21,23,25,32H,8-9,11-16H2,1-7H3,(H,33,34)/b19-10-/t18-,20-,21-,23+,25+,28-,29+,30+/m1/s1. The maximum Gasteiger partial charge on any atom is 0.330 e. The lowest BCUT2D eigenvalue weighted by Crippen LogP contribution is -2.60. The number of rotatable bonds is 5. The number of carboxylic acid groups (broad SMARTS) is 1. The van der Waals surface area contributed by atoms with E-state index in [-0.39, 0.29) is 21.7 Å². The Kier molecular flexibility index (Phi) is 6.28. The van der Waals surface area contributed by atoms with E-state index < -0.39 is 12.1 Å². The predicted molar refractivity (Wildman–Crippen MR) is 135 cm³/mol. The van der Waals surface area contributed by atoms with Crippen molar-refractivity contribution < 1.29 is 19.8 Å². The average molecular weight is 471 g/mol. The zero-order chi connectivity index (χ0) is 25.3. The fraction of sp³-hybridized carbons (Fsp3) is 0.800. The number of carbonyl (C=O) groups is 2. The molecule has 0 aromatic heterocycles. The predicted octanol–water partition coefficient (Wildman–Crippen LogP) is 6.58. The third-order valence-electron chi connectivity index (χ3n) is 11.8. The molecule has 0 aliphatic heterocycles. The number of allylic oxidation sites excluding steroid dienone is 2. The number of hydrogen-bond acceptors (Lipinski definition) is 3. The summed E-state index contributed by atoms with van der Waals surface area (Å²) in [7, 11) is 0. The Labute approximate surface area is 206 Å². The van der Waals surface area contributed by atoms with Gasteiger partial charge in [-0.1, -0.05) is 59.3 Å². The Bertz CT molecular complexity index is 928. The minimum atomic E-state index is -0.842. The van der Waals surface area contributed by atoms with Crippen LogP contribution in [0.2, 0.25) is 0 Å². The second-order valence-electron chi connectivity index (χ2n) is 13.4. The molecule has 0 spiro atoms. The molecule has 190 valence electrons. The van der Waals surface area contributed by atoms with E-state index in [1.54, 1.807) is 6.92 Å². The Hall–Kier alpha value is -1.42. The molecule has 0 bridgehead atoms. The third kappa shape index (κ3) is 3.41. The van der Waals surface area contributed by atoms with Crippen molar-refractivity contribution >= 4 is 11.8 Å². The van der Waals surface area contributed by atoms with E-state index in [9.17, 15) is 14.7 Å². The molecule has 0 heterocycles. The minimum absolute atomic E-state index is 0.00545. The summed E-state index contributed by atoms with van der Waals surface area (Å²) in [6.07, 6.45) is 11.3. The van der Waals surface area contributed by atoms with Gasteiger partial charge in [-0.05, 0) is 86.4 Å². The van der Waals surface area contributed by atoms with Crippen LogP contribution in [0.5, 0.6) is 0 Å². The lowest BCUT2D eigenvalue weighted by atomic mass is 9.41. The van der Waals surface area contributed by atoms with Gasteiger partial charge >= 0.3 is 5.97 Å². The molecular weight excluding hydrogens is 424 g/mol. The number of carbonyl (C=O) groups excluding carboxylic acids is 1. The molecule has 8 atom stereocenters. The average Bonchev–Trinajstić information content (AvgIpc) is 3.05. The Balaban J connectivity index is 1.64. The SMILES string of the molecule is C/C(=C/CC[C@@H](C)[C@H]1CC[C@@]2(C)[C@@H]3CC[C@H]4C(C)(C)C(=O)CC[C@]4(C)C3=C[C@H](O)[C@]12C)C(=O)O. The number of aliphatic hydroxyl groups excluding tert-OH is 1. The summed E-state index contributed by atoms with van der Waals surface area (Å²) in [5, 5.41) is 21.0. The van der Waals surface area contributed by atoms with Crippen LogP contribution in [0.1, 0.15) is 99.8 Å². The normalized spacial score (nSPS) is 44.5. The number of Topliss-reactive ketones (excluding diaryl/α,β-unsaturated/α-hetero) is 1. The van der Waals surface area contributed by atoms with E-state index in [4.69, 9.17) is 5.11 Å². The fourth-order valence-electron chi connectivity index (χ4n) is 9.37. The van der Waals surface area contributed by atoms with Gasteiger partial charge in [0.1, 0.15) is 5.78 Å². The Morgan fingerprint density at radius 1 is 1.15 bits per heavy atom. The molecule has 0 aromatic carbocycles. The van der Waals surface area contributed by atoms with Gasteiger partial charge < -0.3 is 10.2 Å². The van der Waals surface area contributed by atoms with Gasteiger partial charge in [0, 0.05) is 22.8 Å². The zero-order valence-electron chi connectivity index (χ0n) is 22.4. The van der Waals surface area contributed by atoms with Crippen molar-refractivity contribution in [2.24, 2.45) is 45.3 Å². The van der Waals surface area contributed by atoms with Crippen LogP contribution >= 0.6 is 0 Å². The highest BCUT2D eigenvalue weighted by Crippen LogP contribution is 2.72. The Morgan fingerprint density at radius 2 is 1.82 bits per heavy atom. The first-order valence-electron chi connectivity index (χ1n) is 13.5. The van der Waals surface area contributed by atoms with E-state index in [1.165, 1.54) is 5.57 Å². The monoisotopic (exact) mass is 470 g/mol. The summed E-state index contributed by atoms with van der Waals surface area (Å²) in [5.41, 5.74) is 1.43. The van der Waals surface area contributed by atoms with Crippen molar-refractivity contribution in [1.29, 1.82) is 0 Å². The molecule has 0 aromatic rings. The van der Waals surface area contributed by atoms with Gasteiger partial charge in [0.05, 0.1) is 6.10 Å². The number of ketones is 1. The van der Waals surface area contributed by atoms with Crippen LogP contribution in [0.4, 0.5) is 0 Å². The lowest BCUT2D eigenvalue weighted by molar-refractivity contribution is -0.146. The highest BCUT2D eigenvalue weighted by molar-refractivity contribution is 5.86. The first kappa shape index (κ1) is 25.7. The summed E-state index contributed by atoms with van der Waals surface area (Å²) in [4.78, 5) is 24.0. The molecule has 3 saturated carbocycles. The maximum atomic E-state index is 12.8. The largest absolute Gasteiger partial charge is 0.478 e. The van der Waals surface area contributed by atoms with E-state index in [0.717, 1.165) is 44.9 Å². The van der Waals surface area contributed by atoms with Crippen LogP contribution in [0.3, 0.4) is 0 Å². The molecule has 4 aliphatic carbocycles. The van der Waals surface area contributed by atoms with E-state index in [1.807, 2.05) is 6.08 Å². The maximum absolute atomic E-state index is 12.8. The zero-order valence-corrected chi connectivity index (χ0v) is 22.4. The molecule has 4 rings (SSSR count). The number of aliphatic hydroxyl groups is 1. The third-order valence-corrected chi connectivity index (χ3v) is 11.8. The van der Waals surface area contributed by atoms with Crippen molar-refractivity contribution in [3.8, 4) is 0 Å². The summed E-state index contributed by atoms with van der Waals surface area (Å²) < 4.78 is 0. The van der Waals surface area contributed by atoms with Gasteiger partial charge in [-0.25, -0.2) is 4.79 Å². The van der Waals surface area contributed by atoms with Gasteiger partial charge in [-0.15, -0.1) is 0 Å². The fourth-order valence-corrected chi connectivity index (χ4v) is 9.37. The summed E-state index contributed by atoms with van der Waals surface area (Å²) in [6, 6.07) is 0. The minimum Gasteiger partial charge on any atom is -0.478 e. The van der Waals surface area contributed by atoms with E-state index >= 15 is 0 Å². The lowest BCUT2D eigenvalue weighted by Gasteiger charge is -2.64. The molecule has 0 unspecified atom stereocenters. The smallest absolute Gasteiger partial charge is 0.330 e. The molecule has 0 radical (unpaired) electrons. The van der Waals surface area contributed by atoms with Gasteiger partial charge in [0.2, 0.25) is 0 Å². The number of fused-ring (bicyclic) bond motifs is 5. The van der Waals surface area contributed by atoms with Gasteiger partial charge in [-0.2, -0.15) is 0 Å². The second-order valence-corrected chi connectivity index (χ2v) is 13.4. The molecule has 0 saturated heterocycles. The topological polar surface area (TPSA) is 74.6 Å². The van der Waals surface area contributed by atoms with Gasteiger partial charge in [0.15, 0.2) is 0 Å². The molecule has 4 heteroatoms. The van der Waals surface area contributed by atoms with Crippen molar-refractivity contribution in [1.82, 2.24) is 0 Å². The molecule has 4 nitrogen and oxygen atoms in total. The molecular formula is C30H46O4. The van der Waals surface area contributed by atoms with Crippen LogP contribution in [0.25, 0.3) is 0 Å². The Morgan fingerprint density at radius 3 is 2.47 bits per heavy atom. The van der Waals surface area contributed by atoms with Gasteiger partial charge in [-0.3, -0.25) is 4.79 Å². The van der Waals surface area contributed by atoms with Crippen LogP contribution in [0.15, 0.2) is 23.3 Å².